The molecule has 0 spiro atoms. The highest BCUT2D eigenvalue weighted by molar-refractivity contribution is 5.75. The predicted molar refractivity (Wildman–Crippen MR) is 113 cm³/mol. The fraction of sp³-hybridized carbons (Fsp3) is 0.478. The molecule has 0 radical (unpaired) electrons. The molecule has 5 heteroatoms. The maximum Gasteiger partial charge on any atom is 0.165 e. The molecule has 4 nitrogen and oxygen atoms in total. The third-order valence-electron chi connectivity index (χ3n) is 5.82. The van der Waals surface area contributed by atoms with Crippen molar-refractivity contribution in [3.63, 3.8) is 0 Å². The summed E-state index contributed by atoms with van der Waals surface area (Å²) in [5.41, 5.74) is 4.31. The minimum absolute atomic E-state index is 0.291. The number of ether oxygens (including phenoxy) is 1. The summed E-state index contributed by atoms with van der Waals surface area (Å²) in [4.78, 5) is 2.40. The lowest BCUT2D eigenvalue weighted by atomic mass is 10.0. The molecular formula is C23H30FN3O. The van der Waals surface area contributed by atoms with E-state index in [9.17, 15) is 4.39 Å². The lowest BCUT2D eigenvalue weighted by molar-refractivity contribution is 0.280. The Balaban J connectivity index is 1.57. The van der Waals surface area contributed by atoms with Gasteiger partial charge in [0.1, 0.15) is 0 Å². The van der Waals surface area contributed by atoms with E-state index in [1.165, 1.54) is 30.2 Å². The molecule has 0 aromatic heterocycles. The van der Waals surface area contributed by atoms with Crippen molar-refractivity contribution in [2.24, 2.45) is 0 Å². The number of rotatable bonds is 6. The predicted octanol–water partition coefficient (Wildman–Crippen LogP) is 3.73. The Kier molecular flexibility index (Phi) is 6.13. The molecule has 4 rings (SSSR count). The summed E-state index contributed by atoms with van der Waals surface area (Å²) >= 11 is 0. The van der Waals surface area contributed by atoms with Crippen LogP contribution in [0.25, 0.3) is 11.1 Å². The second-order valence-corrected chi connectivity index (χ2v) is 7.79. The summed E-state index contributed by atoms with van der Waals surface area (Å²) in [6.45, 7) is 7.71. The molecule has 2 N–H and O–H groups in total. The minimum atomic E-state index is -0.291. The van der Waals surface area contributed by atoms with E-state index >= 15 is 0 Å². The van der Waals surface area contributed by atoms with Crippen molar-refractivity contribution >= 4 is 5.69 Å². The fourth-order valence-corrected chi connectivity index (χ4v) is 4.21. The first-order chi connectivity index (χ1) is 13.7. The zero-order chi connectivity index (χ0) is 19.3. The van der Waals surface area contributed by atoms with E-state index in [1.54, 1.807) is 6.07 Å². The molecule has 2 aliphatic rings. The molecule has 150 valence electrons. The van der Waals surface area contributed by atoms with E-state index in [0.29, 0.717) is 18.4 Å². The largest absolute Gasteiger partial charge is 0.490 e. The second-order valence-electron chi connectivity index (χ2n) is 7.79. The lowest BCUT2D eigenvalue weighted by Gasteiger charge is -2.31. The minimum Gasteiger partial charge on any atom is -0.490 e. The standard InChI is InChI=1S/C23H30FN3O/c1-17-7-8-18(16-22(17)27-13-11-25-12-14-27)20-5-2-6-21(24)23(20)28-15-9-19-4-3-10-26-19/h2,5-8,16,19,25-26H,3-4,9-15H2,1H3. The maximum atomic E-state index is 14.6. The van der Waals surface area contributed by atoms with Gasteiger partial charge in [0.05, 0.1) is 6.61 Å². The molecule has 0 bridgehead atoms. The zero-order valence-electron chi connectivity index (χ0n) is 16.6. The van der Waals surface area contributed by atoms with Crippen molar-refractivity contribution in [1.82, 2.24) is 10.6 Å². The molecule has 2 aliphatic heterocycles. The van der Waals surface area contributed by atoms with Crippen LogP contribution in [0.3, 0.4) is 0 Å². The number of benzene rings is 2. The average Bonchev–Trinajstić information content (AvgIpc) is 3.24. The van der Waals surface area contributed by atoms with Gasteiger partial charge in [-0.25, -0.2) is 4.39 Å². The first-order valence-corrected chi connectivity index (χ1v) is 10.4. The first-order valence-electron chi connectivity index (χ1n) is 10.4. The van der Waals surface area contributed by atoms with E-state index in [0.717, 1.165) is 50.3 Å². The number of piperazine rings is 1. The summed E-state index contributed by atoms with van der Waals surface area (Å²) in [6.07, 6.45) is 3.31. The quantitative estimate of drug-likeness (QED) is 0.797. The number of nitrogens with one attached hydrogen (secondary N) is 2. The number of nitrogens with zero attached hydrogens (tertiary/aromatic N) is 1. The molecule has 0 saturated carbocycles. The van der Waals surface area contributed by atoms with Crippen LogP contribution in [0.2, 0.25) is 0 Å². The van der Waals surface area contributed by atoms with Gasteiger partial charge in [-0.1, -0.05) is 24.3 Å². The molecular weight excluding hydrogens is 353 g/mol. The summed E-state index contributed by atoms with van der Waals surface area (Å²) in [6, 6.07) is 12.1. The number of hydrogen-bond donors (Lipinski definition) is 2. The van der Waals surface area contributed by atoms with E-state index < -0.39 is 0 Å². The number of aryl methyl sites for hydroxylation is 1. The molecule has 0 aliphatic carbocycles. The van der Waals surface area contributed by atoms with Crippen LogP contribution in [-0.4, -0.2) is 45.4 Å². The molecule has 2 heterocycles. The summed E-state index contributed by atoms with van der Waals surface area (Å²) in [5.74, 6) is 0.0804. The third kappa shape index (κ3) is 4.31. The van der Waals surface area contributed by atoms with Gasteiger partial charge in [0.15, 0.2) is 11.6 Å². The van der Waals surface area contributed by atoms with Gasteiger partial charge in [0.25, 0.3) is 0 Å². The highest BCUT2D eigenvalue weighted by Gasteiger charge is 2.18. The van der Waals surface area contributed by atoms with Crippen LogP contribution in [0.5, 0.6) is 5.75 Å². The fourth-order valence-electron chi connectivity index (χ4n) is 4.21. The van der Waals surface area contributed by atoms with Crippen molar-refractivity contribution < 1.29 is 9.13 Å². The Hall–Kier alpha value is -2.11. The highest BCUT2D eigenvalue weighted by atomic mass is 19.1. The Morgan fingerprint density at radius 1 is 1.14 bits per heavy atom. The van der Waals surface area contributed by atoms with E-state index in [4.69, 9.17) is 4.74 Å². The van der Waals surface area contributed by atoms with Gasteiger partial charge in [-0.05, 0) is 56.0 Å². The van der Waals surface area contributed by atoms with Crippen molar-refractivity contribution in [3.8, 4) is 16.9 Å². The van der Waals surface area contributed by atoms with Gasteiger partial charge in [0.2, 0.25) is 0 Å². The van der Waals surface area contributed by atoms with Crippen LogP contribution in [0.4, 0.5) is 10.1 Å². The van der Waals surface area contributed by atoms with Crippen molar-refractivity contribution in [3.05, 3.63) is 47.8 Å². The van der Waals surface area contributed by atoms with Crippen molar-refractivity contribution in [2.75, 3.05) is 44.2 Å². The molecule has 1 atom stereocenters. The van der Waals surface area contributed by atoms with E-state index in [2.05, 4.69) is 40.7 Å². The Morgan fingerprint density at radius 3 is 2.79 bits per heavy atom. The normalized spacial score (nSPS) is 19.8. The van der Waals surface area contributed by atoms with Crippen LogP contribution < -0.4 is 20.3 Å². The van der Waals surface area contributed by atoms with Gasteiger partial charge < -0.3 is 20.3 Å². The van der Waals surface area contributed by atoms with Crippen LogP contribution in [-0.2, 0) is 0 Å². The van der Waals surface area contributed by atoms with Crippen LogP contribution in [0.1, 0.15) is 24.8 Å². The monoisotopic (exact) mass is 383 g/mol. The molecule has 1 unspecified atom stereocenters. The van der Waals surface area contributed by atoms with Gasteiger partial charge in [0, 0.05) is 43.5 Å². The topological polar surface area (TPSA) is 36.5 Å². The average molecular weight is 384 g/mol. The van der Waals surface area contributed by atoms with Crippen LogP contribution >= 0.6 is 0 Å². The number of para-hydroxylation sites is 1. The summed E-state index contributed by atoms with van der Waals surface area (Å²) in [7, 11) is 0. The summed E-state index contributed by atoms with van der Waals surface area (Å²) in [5, 5.41) is 6.87. The highest BCUT2D eigenvalue weighted by Crippen LogP contribution is 2.35. The van der Waals surface area contributed by atoms with Gasteiger partial charge in [-0.15, -0.1) is 0 Å². The molecule has 28 heavy (non-hydrogen) atoms. The van der Waals surface area contributed by atoms with Gasteiger partial charge >= 0.3 is 0 Å². The molecule has 0 amide bonds. The van der Waals surface area contributed by atoms with E-state index in [1.807, 2.05) is 6.07 Å². The number of halogens is 1. The van der Waals surface area contributed by atoms with Gasteiger partial charge in [-0.3, -0.25) is 0 Å². The zero-order valence-corrected chi connectivity index (χ0v) is 16.6. The smallest absolute Gasteiger partial charge is 0.165 e. The Labute approximate surface area is 167 Å². The number of hydrogen-bond acceptors (Lipinski definition) is 4. The molecule has 2 aromatic rings. The Bertz CT molecular complexity index is 798. The second kappa shape index (κ2) is 8.93. The van der Waals surface area contributed by atoms with Crippen molar-refractivity contribution in [1.29, 1.82) is 0 Å². The molecule has 2 aromatic carbocycles. The van der Waals surface area contributed by atoms with Crippen molar-refractivity contribution in [2.45, 2.75) is 32.2 Å². The maximum absolute atomic E-state index is 14.6. The Morgan fingerprint density at radius 2 is 2.00 bits per heavy atom. The molecule has 2 fully saturated rings. The van der Waals surface area contributed by atoms with Crippen LogP contribution in [0.15, 0.2) is 36.4 Å². The third-order valence-corrected chi connectivity index (χ3v) is 5.82. The van der Waals surface area contributed by atoms with E-state index in [-0.39, 0.29) is 5.82 Å². The van der Waals surface area contributed by atoms with Crippen LogP contribution in [0, 0.1) is 12.7 Å². The number of anilines is 1. The van der Waals surface area contributed by atoms with Gasteiger partial charge in [-0.2, -0.15) is 0 Å². The summed E-state index contributed by atoms with van der Waals surface area (Å²) < 4.78 is 20.6. The SMILES string of the molecule is Cc1ccc(-c2cccc(F)c2OCCC2CCCN2)cc1N1CCNCC1. The lowest BCUT2D eigenvalue weighted by Crippen LogP contribution is -2.43. The first kappa shape index (κ1) is 19.2. The molecule has 2 saturated heterocycles.